The molecule has 4 heteroatoms. The molecular formula is C14H17BrN2S. The molecule has 2 rings (SSSR count). The Morgan fingerprint density at radius 2 is 2.06 bits per heavy atom. The Kier molecular flexibility index (Phi) is 5.35. The number of nitrogens with one attached hydrogen (secondary N) is 1. The molecule has 0 saturated heterocycles. The summed E-state index contributed by atoms with van der Waals surface area (Å²) in [7, 11) is 0. The molecule has 0 aliphatic carbocycles. The number of benzene rings is 1. The summed E-state index contributed by atoms with van der Waals surface area (Å²) in [4.78, 5) is 5.79. The first-order valence-electron chi connectivity index (χ1n) is 6.16. The standard InChI is InChI=1S/C14H17BrN2S/c1-2-7-16-9-13-10-17-14(18-13)8-11-3-5-12(15)6-4-11/h3-6,10,16H,2,7-9H2,1H3. The first kappa shape index (κ1) is 13.7. The summed E-state index contributed by atoms with van der Waals surface area (Å²) in [5.74, 6) is 0. The van der Waals surface area contributed by atoms with E-state index in [4.69, 9.17) is 0 Å². The van der Waals surface area contributed by atoms with Gasteiger partial charge in [0.25, 0.3) is 0 Å². The molecule has 2 nitrogen and oxygen atoms in total. The summed E-state index contributed by atoms with van der Waals surface area (Å²) < 4.78 is 1.12. The van der Waals surface area contributed by atoms with Gasteiger partial charge in [-0.2, -0.15) is 0 Å². The first-order valence-corrected chi connectivity index (χ1v) is 7.77. The molecule has 2 aromatic rings. The van der Waals surface area contributed by atoms with Crippen LogP contribution < -0.4 is 5.32 Å². The lowest BCUT2D eigenvalue weighted by atomic mass is 10.2. The molecule has 0 aliphatic heterocycles. The van der Waals surface area contributed by atoms with Crippen LogP contribution in [0.5, 0.6) is 0 Å². The molecule has 96 valence electrons. The maximum absolute atomic E-state index is 4.48. The Bertz CT molecular complexity index is 479. The second-order valence-electron chi connectivity index (χ2n) is 4.20. The van der Waals surface area contributed by atoms with E-state index in [0.29, 0.717) is 0 Å². The van der Waals surface area contributed by atoms with Crippen LogP contribution in [0, 0.1) is 0 Å². The van der Waals surface area contributed by atoms with Crippen molar-refractivity contribution in [1.82, 2.24) is 10.3 Å². The molecule has 1 N–H and O–H groups in total. The second kappa shape index (κ2) is 7.02. The van der Waals surface area contributed by atoms with Crippen LogP contribution in [-0.2, 0) is 13.0 Å². The molecular weight excluding hydrogens is 308 g/mol. The van der Waals surface area contributed by atoms with E-state index in [1.54, 1.807) is 11.3 Å². The predicted octanol–water partition coefficient (Wildman–Crippen LogP) is 4.00. The van der Waals surface area contributed by atoms with Crippen LogP contribution in [0.15, 0.2) is 34.9 Å². The lowest BCUT2D eigenvalue weighted by Crippen LogP contribution is -2.12. The molecule has 0 radical (unpaired) electrons. The quantitative estimate of drug-likeness (QED) is 0.812. The zero-order valence-electron chi connectivity index (χ0n) is 10.4. The van der Waals surface area contributed by atoms with Crippen molar-refractivity contribution in [3.05, 3.63) is 50.4 Å². The van der Waals surface area contributed by atoms with Crippen LogP contribution >= 0.6 is 27.3 Å². The smallest absolute Gasteiger partial charge is 0.0971 e. The molecule has 0 unspecified atom stereocenters. The molecule has 0 aliphatic rings. The number of halogens is 1. The average Bonchev–Trinajstić information content (AvgIpc) is 2.80. The molecule has 1 aromatic heterocycles. The van der Waals surface area contributed by atoms with E-state index >= 15 is 0 Å². The number of aromatic nitrogens is 1. The van der Waals surface area contributed by atoms with Gasteiger partial charge in [-0.25, -0.2) is 4.98 Å². The summed E-state index contributed by atoms with van der Waals surface area (Å²) in [5.41, 5.74) is 1.31. The summed E-state index contributed by atoms with van der Waals surface area (Å²) in [6, 6.07) is 8.43. The van der Waals surface area contributed by atoms with Gasteiger partial charge in [-0.1, -0.05) is 35.0 Å². The molecule has 0 bridgehead atoms. The fourth-order valence-corrected chi connectivity index (χ4v) is 2.87. The molecule has 0 fully saturated rings. The van der Waals surface area contributed by atoms with Gasteiger partial charge >= 0.3 is 0 Å². The lowest BCUT2D eigenvalue weighted by molar-refractivity contribution is 0.681. The minimum absolute atomic E-state index is 0.922. The van der Waals surface area contributed by atoms with Crippen molar-refractivity contribution in [3.63, 3.8) is 0 Å². The van der Waals surface area contributed by atoms with E-state index in [1.807, 2.05) is 6.20 Å². The van der Waals surface area contributed by atoms with Gasteiger partial charge in [0.15, 0.2) is 0 Å². The Balaban J connectivity index is 1.91. The molecule has 18 heavy (non-hydrogen) atoms. The maximum atomic E-state index is 4.48. The topological polar surface area (TPSA) is 24.9 Å². The summed E-state index contributed by atoms with van der Waals surface area (Å²) in [5, 5.41) is 4.59. The van der Waals surface area contributed by atoms with E-state index in [1.165, 1.54) is 21.9 Å². The fraction of sp³-hybridized carbons (Fsp3) is 0.357. The van der Waals surface area contributed by atoms with Gasteiger partial charge < -0.3 is 5.32 Å². The van der Waals surface area contributed by atoms with Crippen molar-refractivity contribution in [2.24, 2.45) is 0 Å². The molecule has 0 atom stereocenters. The largest absolute Gasteiger partial charge is 0.312 e. The summed E-state index contributed by atoms with van der Waals surface area (Å²) in [6.07, 6.45) is 4.08. The summed E-state index contributed by atoms with van der Waals surface area (Å²) >= 11 is 5.25. The average molecular weight is 325 g/mol. The monoisotopic (exact) mass is 324 g/mol. The zero-order valence-corrected chi connectivity index (χ0v) is 12.9. The Morgan fingerprint density at radius 1 is 1.28 bits per heavy atom. The highest BCUT2D eigenvalue weighted by Gasteiger charge is 2.03. The van der Waals surface area contributed by atoms with Crippen molar-refractivity contribution in [1.29, 1.82) is 0 Å². The number of rotatable bonds is 6. The van der Waals surface area contributed by atoms with E-state index < -0.39 is 0 Å². The van der Waals surface area contributed by atoms with E-state index in [0.717, 1.165) is 24.0 Å². The molecule has 1 heterocycles. The van der Waals surface area contributed by atoms with Gasteiger partial charge in [0.2, 0.25) is 0 Å². The fourth-order valence-electron chi connectivity index (χ4n) is 1.68. The van der Waals surface area contributed by atoms with Crippen LogP contribution in [0.25, 0.3) is 0 Å². The van der Waals surface area contributed by atoms with Gasteiger partial charge in [0.05, 0.1) is 5.01 Å². The third-order valence-corrected chi connectivity index (χ3v) is 4.12. The van der Waals surface area contributed by atoms with Gasteiger partial charge in [-0.3, -0.25) is 0 Å². The highest BCUT2D eigenvalue weighted by molar-refractivity contribution is 9.10. The van der Waals surface area contributed by atoms with Gasteiger partial charge in [0, 0.05) is 28.5 Å². The first-order chi connectivity index (χ1) is 8.78. The van der Waals surface area contributed by atoms with E-state index in [2.05, 4.69) is 57.4 Å². The third kappa shape index (κ3) is 4.19. The maximum Gasteiger partial charge on any atom is 0.0971 e. The molecule has 0 saturated carbocycles. The lowest BCUT2D eigenvalue weighted by Gasteiger charge is -1.99. The van der Waals surface area contributed by atoms with E-state index in [-0.39, 0.29) is 0 Å². The number of hydrogen-bond acceptors (Lipinski definition) is 3. The van der Waals surface area contributed by atoms with Crippen LogP contribution in [0.1, 0.15) is 28.8 Å². The van der Waals surface area contributed by atoms with Crippen LogP contribution in [0.4, 0.5) is 0 Å². The molecule has 0 spiro atoms. The minimum Gasteiger partial charge on any atom is -0.312 e. The van der Waals surface area contributed by atoms with Crippen LogP contribution in [0.3, 0.4) is 0 Å². The molecule has 0 amide bonds. The van der Waals surface area contributed by atoms with Gasteiger partial charge in [-0.05, 0) is 30.7 Å². The predicted molar refractivity (Wildman–Crippen MR) is 81.1 cm³/mol. The van der Waals surface area contributed by atoms with Crippen molar-refractivity contribution < 1.29 is 0 Å². The second-order valence-corrected chi connectivity index (χ2v) is 6.32. The highest BCUT2D eigenvalue weighted by atomic mass is 79.9. The Labute approximate surface area is 121 Å². The summed E-state index contributed by atoms with van der Waals surface area (Å²) in [6.45, 7) is 4.18. The Morgan fingerprint density at radius 3 is 2.78 bits per heavy atom. The molecule has 1 aromatic carbocycles. The van der Waals surface area contributed by atoms with Crippen molar-refractivity contribution in [2.75, 3.05) is 6.54 Å². The number of nitrogens with zero attached hydrogens (tertiary/aromatic N) is 1. The zero-order chi connectivity index (χ0) is 12.8. The van der Waals surface area contributed by atoms with Gasteiger partial charge in [0.1, 0.15) is 0 Å². The van der Waals surface area contributed by atoms with Crippen LogP contribution in [0.2, 0.25) is 0 Å². The SMILES string of the molecule is CCCNCc1cnc(Cc2ccc(Br)cc2)s1. The van der Waals surface area contributed by atoms with Crippen molar-refractivity contribution in [3.8, 4) is 0 Å². The third-order valence-electron chi connectivity index (χ3n) is 2.60. The van der Waals surface area contributed by atoms with Crippen molar-refractivity contribution >= 4 is 27.3 Å². The van der Waals surface area contributed by atoms with Crippen molar-refractivity contribution in [2.45, 2.75) is 26.3 Å². The van der Waals surface area contributed by atoms with Crippen LogP contribution in [-0.4, -0.2) is 11.5 Å². The van der Waals surface area contributed by atoms with E-state index in [9.17, 15) is 0 Å². The highest BCUT2D eigenvalue weighted by Crippen LogP contribution is 2.18. The minimum atomic E-state index is 0.922. The normalized spacial score (nSPS) is 10.8. The number of hydrogen-bond donors (Lipinski definition) is 1. The van der Waals surface area contributed by atoms with Gasteiger partial charge in [-0.15, -0.1) is 11.3 Å². The number of thiazole rings is 1. The Hall–Kier alpha value is -0.710.